The minimum atomic E-state index is -0.785. The van der Waals surface area contributed by atoms with Gasteiger partial charge in [0, 0.05) is 18.8 Å². The second kappa shape index (κ2) is 4.11. The molecule has 0 aliphatic carbocycles. The summed E-state index contributed by atoms with van der Waals surface area (Å²) in [4.78, 5) is 0. The minimum Gasteiger partial charge on any atom is -0.389 e. The number of aromatic nitrogens is 2. The monoisotopic (exact) mass is 197 g/mol. The van der Waals surface area contributed by atoms with E-state index in [0.29, 0.717) is 13.0 Å². The molecule has 0 aliphatic rings. The van der Waals surface area contributed by atoms with Crippen molar-refractivity contribution in [2.45, 2.75) is 39.3 Å². The van der Waals surface area contributed by atoms with E-state index in [4.69, 9.17) is 5.73 Å². The van der Waals surface area contributed by atoms with Crippen molar-refractivity contribution in [2.75, 3.05) is 6.54 Å². The van der Waals surface area contributed by atoms with Gasteiger partial charge in [-0.05, 0) is 33.3 Å². The molecule has 0 fully saturated rings. The van der Waals surface area contributed by atoms with Gasteiger partial charge in [0.15, 0.2) is 0 Å². The Labute approximate surface area is 84.7 Å². The van der Waals surface area contributed by atoms with E-state index in [0.717, 1.165) is 11.4 Å². The van der Waals surface area contributed by atoms with Gasteiger partial charge in [0.2, 0.25) is 0 Å². The zero-order valence-electron chi connectivity index (χ0n) is 9.12. The van der Waals surface area contributed by atoms with Crippen molar-refractivity contribution in [3.8, 4) is 0 Å². The second-order valence-electron chi connectivity index (χ2n) is 4.10. The fourth-order valence-corrected chi connectivity index (χ4v) is 1.35. The molecular formula is C10H19N3O. The van der Waals surface area contributed by atoms with E-state index in [1.54, 1.807) is 6.92 Å². The summed E-state index contributed by atoms with van der Waals surface area (Å²) in [6.07, 6.45) is 0.630. The molecule has 0 saturated carbocycles. The summed E-state index contributed by atoms with van der Waals surface area (Å²) in [6, 6.07) is 2.02. The Balaban J connectivity index is 2.58. The van der Waals surface area contributed by atoms with Gasteiger partial charge in [0.25, 0.3) is 0 Å². The van der Waals surface area contributed by atoms with Crippen LogP contribution in [0.25, 0.3) is 0 Å². The molecule has 80 valence electrons. The quantitative estimate of drug-likeness (QED) is 0.743. The normalized spacial score (nSPS) is 15.5. The third-order valence-electron chi connectivity index (χ3n) is 2.41. The number of aryl methyl sites for hydroxylation is 3. The molecular weight excluding hydrogens is 178 g/mol. The molecule has 1 heterocycles. The summed E-state index contributed by atoms with van der Waals surface area (Å²) in [5, 5.41) is 14.0. The molecule has 0 spiro atoms. The number of aliphatic hydroxyl groups is 1. The molecule has 0 radical (unpaired) electrons. The van der Waals surface area contributed by atoms with Crippen LogP contribution in [-0.4, -0.2) is 27.0 Å². The average Bonchev–Trinajstić information content (AvgIpc) is 2.42. The third-order valence-corrected chi connectivity index (χ3v) is 2.41. The van der Waals surface area contributed by atoms with Crippen molar-refractivity contribution in [1.82, 2.24) is 9.78 Å². The lowest BCUT2D eigenvalue weighted by atomic mass is 10.0. The highest BCUT2D eigenvalue weighted by Crippen LogP contribution is 2.10. The lowest BCUT2D eigenvalue weighted by molar-refractivity contribution is 0.0541. The van der Waals surface area contributed by atoms with Gasteiger partial charge in [-0.3, -0.25) is 4.68 Å². The fraction of sp³-hybridized carbons (Fsp3) is 0.700. The predicted molar refractivity (Wildman–Crippen MR) is 56.0 cm³/mol. The van der Waals surface area contributed by atoms with Gasteiger partial charge in [-0.25, -0.2) is 0 Å². The van der Waals surface area contributed by atoms with E-state index in [1.165, 1.54) is 0 Å². The molecule has 1 unspecified atom stereocenters. The van der Waals surface area contributed by atoms with Gasteiger partial charge in [-0.15, -0.1) is 0 Å². The minimum absolute atomic E-state index is 0.284. The van der Waals surface area contributed by atoms with E-state index in [1.807, 2.05) is 24.6 Å². The second-order valence-corrected chi connectivity index (χ2v) is 4.10. The number of nitrogens with zero attached hydrogens (tertiary/aromatic N) is 2. The van der Waals surface area contributed by atoms with Crippen LogP contribution in [0.4, 0.5) is 0 Å². The Morgan fingerprint density at radius 2 is 2.21 bits per heavy atom. The fourth-order valence-electron chi connectivity index (χ4n) is 1.35. The Morgan fingerprint density at radius 3 is 2.64 bits per heavy atom. The van der Waals surface area contributed by atoms with Crippen LogP contribution in [0.2, 0.25) is 0 Å². The molecule has 1 aromatic rings. The lowest BCUT2D eigenvalue weighted by Crippen LogP contribution is -2.35. The van der Waals surface area contributed by atoms with Crippen molar-refractivity contribution in [2.24, 2.45) is 5.73 Å². The first-order valence-electron chi connectivity index (χ1n) is 4.88. The largest absolute Gasteiger partial charge is 0.389 e. The van der Waals surface area contributed by atoms with Crippen LogP contribution in [0, 0.1) is 13.8 Å². The molecule has 3 N–H and O–H groups in total. The molecule has 0 bridgehead atoms. The third kappa shape index (κ3) is 2.82. The topological polar surface area (TPSA) is 64.1 Å². The number of hydrogen-bond donors (Lipinski definition) is 2. The van der Waals surface area contributed by atoms with Crippen molar-refractivity contribution in [3.63, 3.8) is 0 Å². The molecule has 4 heteroatoms. The van der Waals surface area contributed by atoms with Crippen LogP contribution in [0.1, 0.15) is 24.7 Å². The maximum Gasteiger partial charge on any atom is 0.0759 e. The molecule has 14 heavy (non-hydrogen) atoms. The summed E-state index contributed by atoms with van der Waals surface area (Å²) in [5.74, 6) is 0. The molecule has 1 rings (SSSR count). The highest BCUT2D eigenvalue weighted by molar-refractivity contribution is 5.06. The molecule has 0 aromatic carbocycles. The van der Waals surface area contributed by atoms with E-state index in [9.17, 15) is 5.11 Å². The standard InChI is InChI=1S/C10H19N3O/c1-8-6-9(2)13(12-8)5-4-10(3,14)7-11/h6,14H,4-5,7,11H2,1-3H3. The summed E-state index contributed by atoms with van der Waals surface area (Å²) < 4.78 is 1.90. The molecule has 0 amide bonds. The Hall–Kier alpha value is -0.870. The van der Waals surface area contributed by atoms with Crippen LogP contribution in [0.5, 0.6) is 0 Å². The van der Waals surface area contributed by atoms with Crippen molar-refractivity contribution >= 4 is 0 Å². The Morgan fingerprint density at radius 1 is 1.57 bits per heavy atom. The van der Waals surface area contributed by atoms with Crippen LogP contribution < -0.4 is 5.73 Å². The predicted octanol–water partition coefficient (Wildman–Crippen LogP) is 0.600. The zero-order valence-corrected chi connectivity index (χ0v) is 9.12. The van der Waals surface area contributed by atoms with Crippen LogP contribution in [0.15, 0.2) is 6.07 Å². The molecule has 0 saturated heterocycles. The zero-order chi connectivity index (χ0) is 10.8. The Kier molecular flexibility index (Phi) is 3.29. The summed E-state index contributed by atoms with van der Waals surface area (Å²) in [7, 11) is 0. The summed E-state index contributed by atoms with van der Waals surface area (Å²) >= 11 is 0. The first-order valence-corrected chi connectivity index (χ1v) is 4.88. The first kappa shape index (κ1) is 11.2. The van der Waals surface area contributed by atoms with Gasteiger partial charge in [0.05, 0.1) is 11.3 Å². The summed E-state index contributed by atoms with van der Waals surface area (Å²) in [5.41, 5.74) is 6.78. The van der Waals surface area contributed by atoms with Gasteiger partial charge < -0.3 is 10.8 Å². The van der Waals surface area contributed by atoms with Crippen molar-refractivity contribution in [3.05, 3.63) is 17.5 Å². The maximum atomic E-state index is 9.72. The van der Waals surface area contributed by atoms with Gasteiger partial charge >= 0.3 is 0 Å². The van der Waals surface area contributed by atoms with Crippen molar-refractivity contribution in [1.29, 1.82) is 0 Å². The van der Waals surface area contributed by atoms with Gasteiger partial charge in [-0.1, -0.05) is 0 Å². The van der Waals surface area contributed by atoms with Crippen LogP contribution >= 0.6 is 0 Å². The van der Waals surface area contributed by atoms with E-state index < -0.39 is 5.60 Å². The van der Waals surface area contributed by atoms with Crippen molar-refractivity contribution < 1.29 is 5.11 Å². The number of nitrogens with two attached hydrogens (primary N) is 1. The maximum absolute atomic E-state index is 9.72. The average molecular weight is 197 g/mol. The number of rotatable bonds is 4. The smallest absolute Gasteiger partial charge is 0.0759 e. The van der Waals surface area contributed by atoms with E-state index >= 15 is 0 Å². The number of hydrogen-bond acceptors (Lipinski definition) is 3. The van der Waals surface area contributed by atoms with E-state index in [-0.39, 0.29) is 6.54 Å². The highest BCUT2D eigenvalue weighted by atomic mass is 16.3. The summed E-state index contributed by atoms with van der Waals surface area (Å²) in [6.45, 7) is 6.72. The first-order chi connectivity index (χ1) is 6.44. The molecule has 4 nitrogen and oxygen atoms in total. The SMILES string of the molecule is Cc1cc(C)n(CCC(C)(O)CN)n1. The molecule has 1 aromatic heterocycles. The molecule has 1 atom stereocenters. The van der Waals surface area contributed by atoms with E-state index in [2.05, 4.69) is 5.10 Å². The van der Waals surface area contributed by atoms with Crippen LogP contribution in [0.3, 0.4) is 0 Å². The highest BCUT2D eigenvalue weighted by Gasteiger charge is 2.18. The lowest BCUT2D eigenvalue weighted by Gasteiger charge is -2.20. The Bertz CT molecular complexity index is 304. The van der Waals surface area contributed by atoms with Crippen LogP contribution in [-0.2, 0) is 6.54 Å². The van der Waals surface area contributed by atoms with Gasteiger partial charge in [0.1, 0.15) is 0 Å². The molecule has 0 aliphatic heterocycles. The van der Waals surface area contributed by atoms with Gasteiger partial charge in [-0.2, -0.15) is 5.10 Å².